The average Bonchev–Trinajstić information content (AvgIpc) is 2.17. The predicted octanol–water partition coefficient (Wildman–Crippen LogP) is 1.84. The van der Waals surface area contributed by atoms with Crippen LogP contribution in [0.1, 0.15) is 6.92 Å². The summed E-state index contributed by atoms with van der Waals surface area (Å²) in [5.74, 6) is 0. The molecule has 5 heteroatoms. The summed E-state index contributed by atoms with van der Waals surface area (Å²) in [5.41, 5.74) is 0.616. The van der Waals surface area contributed by atoms with E-state index < -0.39 is 0 Å². The Labute approximate surface area is 93.2 Å². The van der Waals surface area contributed by atoms with Crippen LogP contribution in [0.2, 0.25) is 5.02 Å². The number of carbonyl (C=O) groups excluding carboxylic acids is 1. The molecule has 0 heterocycles. The molecule has 2 amide bonds. The van der Waals surface area contributed by atoms with Gasteiger partial charge in [-0.3, -0.25) is 0 Å². The number of anilines is 1. The number of aliphatic hydroxyl groups is 1. The Bertz CT molecular complexity index is 344. The first-order valence-corrected chi connectivity index (χ1v) is 4.93. The van der Waals surface area contributed by atoms with Crippen molar-refractivity contribution < 1.29 is 9.90 Å². The molecule has 0 unspecified atom stereocenters. The van der Waals surface area contributed by atoms with E-state index in [9.17, 15) is 4.79 Å². The van der Waals surface area contributed by atoms with Gasteiger partial charge in [0.25, 0.3) is 0 Å². The Kier molecular flexibility index (Phi) is 4.39. The zero-order valence-corrected chi connectivity index (χ0v) is 9.08. The van der Waals surface area contributed by atoms with Gasteiger partial charge in [-0.15, -0.1) is 0 Å². The standard InChI is InChI=1S/C10H13ClN2O2/c1-7(6-14)12-10(15)13-9-4-2-3-8(11)5-9/h2-5,7,14H,6H2,1H3,(H2,12,13,15)/t7-/m1/s1. The van der Waals surface area contributed by atoms with Gasteiger partial charge in [-0.2, -0.15) is 0 Å². The molecule has 0 radical (unpaired) electrons. The first-order valence-electron chi connectivity index (χ1n) is 4.55. The number of nitrogens with one attached hydrogen (secondary N) is 2. The maximum Gasteiger partial charge on any atom is 0.319 e. The molecule has 15 heavy (non-hydrogen) atoms. The maximum absolute atomic E-state index is 11.3. The molecule has 0 aliphatic heterocycles. The Morgan fingerprint density at radius 3 is 2.93 bits per heavy atom. The first kappa shape index (κ1) is 11.8. The van der Waals surface area contributed by atoms with E-state index in [4.69, 9.17) is 16.7 Å². The normalized spacial score (nSPS) is 11.9. The largest absolute Gasteiger partial charge is 0.394 e. The lowest BCUT2D eigenvalue weighted by Crippen LogP contribution is -2.38. The summed E-state index contributed by atoms with van der Waals surface area (Å²) in [6, 6.07) is 6.21. The van der Waals surface area contributed by atoms with Gasteiger partial charge in [-0.05, 0) is 25.1 Å². The Balaban J connectivity index is 2.51. The first-order chi connectivity index (χ1) is 7.11. The second-order valence-corrected chi connectivity index (χ2v) is 3.63. The molecule has 1 rings (SSSR count). The van der Waals surface area contributed by atoms with E-state index in [1.165, 1.54) is 0 Å². The summed E-state index contributed by atoms with van der Waals surface area (Å²) < 4.78 is 0. The van der Waals surface area contributed by atoms with Crippen molar-refractivity contribution in [3.05, 3.63) is 29.3 Å². The number of urea groups is 1. The molecular formula is C10H13ClN2O2. The molecule has 1 aromatic carbocycles. The lowest BCUT2D eigenvalue weighted by molar-refractivity contribution is 0.229. The minimum atomic E-state index is -0.362. The van der Waals surface area contributed by atoms with Crippen molar-refractivity contribution in [1.29, 1.82) is 0 Å². The molecule has 4 nitrogen and oxygen atoms in total. The van der Waals surface area contributed by atoms with Gasteiger partial charge in [0.05, 0.1) is 12.6 Å². The molecule has 0 saturated carbocycles. The number of hydrogen-bond donors (Lipinski definition) is 3. The molecule has 0 saturated heterocycles. The third kappa shape index (κ3) is 4.18. The lowest BCUT2D eigenvalue weighted by atomic mass is 10.3. The number of amides is 2. The highest BCUT2D eigenvalue weighted by Gasteiger charge is 2.05. The minimum Gasteiger partial charge on any atom is -0.394 e. The van der Waals surface area contributed by atoms with E-state index in [1.807, 2.05) is 0 Å². The molecule has 1 aromatic rings. The van der Waals surface area contributed by atoms with Crippen molar-refractivity contribution in [2.24, 2.45) is 0 Å². The Morgan fingerprint density at radius 2 is 2.33 bits per heavy atom. The number of carbonyl (C=O) groups is 1. The molecule has 0 bridgehead atoms. The van der Waals surface area contributed by atoms with Crippen LogP contribution in [0.25, 0.3) is 0 Å². The van der Waals surface area contributed by atoms with Crippen LogP contribution in [0, 0.1) is 0 Å². The van der Waals surface area contributed by atoms with Crippen LogP contribution in [0.4, 0.5) is 10.5 Å². The summed E-state index contributed by atoms with van der Waals surface area (Å²) in [4.78, 5) is 11.3. The van der Waals surface area contributed by atoms with Crippen molar-refractivity contribution in [3.8, 4) is 0 Å². The highest BCUT2D eigenvalue weighted by Crippen LogP contribution is 2.14. The zero-order chi connectivity index (χ0) is 11.3. The van der Waals surface area contributed by atoms with Gasteiger partial charge in [0.2, 0.25) is 0 Å². The van der Waals surface area contributed by atoms with Gasteiger partial charge in [-0.25, -0.2) is 4.79 Å². The number of benzene rings is 1. The molecule has 82 valence electrons. The number of halogens is 1. The zero-order valence-electron chi connectivity index (χ0n) is 8.33. The summed E-state index contributed by atoms with van der Waals surface area (Å²) in [6.45, 7) is 1.61. The van der Waals surface area contributed by atoms with Crippen LogP contribution >= 0.6 is 11.6 Å². The fourth-order valence-corrected chi connectivity index (χ4v) is 1.19. The molecule has 0 fully saturated rings. The second-order valence-electron chi connectivity index (χ2n) is 3.19. The van der Waals surface area contributed by atoms with E-state index in [0.29, 0.717) is 10.7 Å². The Morgan fingerprint density at radius 1 is 1.60 bits per heavy atom. The summed E-state index contributed by atoms with van der Waals surface area (Å²) in [7, 11) is 0. The van der Waals surface area contributed by atoms with E-state index in [1.54, 1.807) is 31.2 Å². The van der Waals surface area contributed by atoms with Crippen LogP contribution in [0.5, 0.6) is 0 Å². The topological polar surface area (TPSA) is 61.4 Å². The number of aliphatic hydroxyl groups excluding tert-OH is 1. The molecule has 0 aliphatic carbocycles. The van der Waals surface area contributed by atoms with Crippen molar-refractivity contribution in [2.45, 2.75) is 13.0 Å². The molecule has 0 aliphatic rings. The molecule has 3 N–H and O–H groups in total. The monoisotopic (exact) mass is 228 g/mol. The van der Waals surface area contributed by atoms with Crippen molar-refractivity contribution >= 4 is 23.3 Å². The molecule has 0 aromatic heterocycles. The third-order valence-corrected chi connectivity index (χ3v) is 1.97. The van der Waals surface area contributed by atoms with E-state index in [2.05, 4.69) is 10.6 Å². The average molecular weight is 229 g/mol. The van der Waals surface area contributed by atoms with E-state index in [-0.39, 0.29) is 18.7 Å². The highest BCUT2D eigenvalue weighted by atomic mass is 35.5. The fraction of sp³-hybridized carbons (Fsp3) is 0.300. The van der Waals surface area contributed by atoms with Crippen LogP contribution in [0.3, 0.4) is 0 Å². The van der Waals surface area contributed by atoms with Crippen LogP contribution < -0.4 is 10.6 Å². The third-order valence-electron chi connectivity index (χ3n) is 1.73. The van der Waals surface area contributed by atoms with Gasteiger partial charge in [-0.1, -0.05) is 17.7 Å². The van der Waals surface area contributed by atoms with E-state index in [0.717, 1.165) is 0 Å². The summed E-state index contributed by atoms with van der Waals surface area (Å²) in [5, 5.41) is 14.4. The highest BCUT2D eigenvalue weighted by molar-refractivity contribution is 6.30. The minimum absolute atomic E-state index is 0.0943. The molecular weight excluding hydrogens is 216 g/mol. The van der Waals surface area contributed by atoms with Gasteiger partial charge in [0, 0.05) is 10.7 Å². The summed E-state index contributed by atoms with van der Waals surface area (Å²) in [6.07, 6.45) is 0. The SMILES string of the molecule is C[C@H](CO)NC(=O)Nc1cccc(Cl)c1. The van der Waals surface area contributed by atoms with Crippen molar-refractivity contribution in [3.63, 3.8) is 0 Å². The number of hydrogen-bond acceptors (Lipinski definition) is 2. The number of rotatable bonds is 3. The van der Waals surface area contributed by atoms with Gasteiger partial charge >= 0.3 is 6.03 Å². The Hall–Kier alpha value is -1.26. The fourth-order valence-electron chi connectivity index (χ4n) is 1.00. The van der Waals surface area contributed by atoms with Gasteiger partial charge in [0.1, 0.15) is 0 Å². The molecule has 1 atom stereocenters. The molecule has 0 spiro atoms. The maximum atomic E-state index is 11.3. The lowest BCUT2D eigenvalue weighted by Gasteiger charge is -2.11. The van der Waals surface area contributed by atoms with Gasteiger partial charge < -0.3 is 15.7 Å². The second kappa shape index (κ2) is 5.58. The van der Waals surface area contributed by atoms with Crippen molar-refractivity contribution in [1.82, 2.24) is 5.32 Å². The quantitative estimate of drug-likeness (QED) is 0.739. The van der Waals surface area contributed by atoms with Crippen LogP contribution in [0.15, 0.2) is 24.3 Å². The van der Waals surface area contributed by atoms with Crippen LogP contribution in [-0.4, -0.2) is 23.8 Å². The van der Waals surface area contributed by atoms with Crippen molar-refractivity contribution in [2.75, 3.05) is 11.9 Å². The predicted molar refractivity (Wildman–Crippen MR) is 60.2 cm³/mol. The summed E-state index contributed by atoms with van der Waals surface area (Å²) >= 11 is 5.75. The smallest absolute Gasteiger partial charge is 0.319 e. The van der Waals surface area contributed by atoms with Gasteiger partial charge in [0.15, 0.2) is 0 Å². The van der Waals surface area contributed by atoms with E-state index >= 15 is 0 Å². The van der Waals surface area contributed by atoms with Crippen LogP contribution in [-0.2, 0) is 0 Å².